The molecule has 2 unspecified atom stereocenters. The Bertz CT molecular complexity index is 639. The molecule has 0 spiro atoms. The van der Waals surface area contributed by atoms with Gasteiger partial charge in [-0.3, -0.25) is 0 Å². The van der Waals surface area contributed by atoms with Crippen molar-refractivity contribution in [3.05, 3.63) is 70.8 Å². The Labute approximate surface area is 124 Å². The van der Waals surface area contributed by atoms with E-state index in [9.17, 15) is 8.78 Å². The number of hydrogen-bond acceptors (Lipinski definition) is 1. The Morgan fingerprint density at radius 1 is 1.19 bits per heavy atom. The molecule has 21 heavy (non-hydrogen) atoms. The van der Waals surface area contributed by atoms with Crippen molar-refractivity contribution in [2.45, 2.75) is 31.7 Å². The Kier molecular flexibility index (Phi) is 4.02. The van der Waals surface area contributed by atoms with Crippen molar-refractivity contribution in [2.24, 2.45) is 0 Å². The molecule has 0 heterocycles. The summed E-state index contributed by atoms with van der Waals surface area (Å²) >= 11 is 0. The van der Waals surface area contributed by atoms with Crippen molar-refractivity contribution >= 4 is 0 Å². The van der Waals surface area contributed by atoms with Crippen molar-refractivity contribution in [2.75, 3.05) is 6.54 Å². The molecule has 1 nitrogen and oxygen atoms in total. The lowest BCUT2D eigenvalue weighted by molar-refractivity contribution is 0.431. The summed E-state index contributed by atoms with van der Waals surface area (Å²) in [6.07, 6.45) is 1.96. The number of aryl methyl sites for hydroxylation is 1. The van der Waals surface area contributed by atoms with Crippen LogP contribution in [0.2, 0.25) is 0 Å². The first-order valence-electron chi connectivity index (χ1n) is 7.47. The first kappa shape index (κ1) is 14.2. The highest BCUT2D eigenvalue weighted by Gasteiger charge is 2.31. The van der Waals surface area contributed by atoms with Crippen LogP contribution in [0, 0.1) is 11.6 Å². The monoisotopic (exact) mass is 287 g/mol. The minimum absolute atomic E-state index is 0.186. The number of nitrogens with one attached hydrogen (secondary N) is 1. The minimum atomic E-state index is -0.388. The molecule has 0 radical (unpaired) electrons. The SMILES string of the molecule is CCNC(c1cc(F)ccc1F)C1CCc2ccccc21. The first-order valence-corrected chi connectivity index (χ1v) is 7.47. The van der Waals surface area contributed by atoms with Gasteiger partial charge in [0.2, 0.25) is 0 Å². The predicted octanol–water partition coefficient (Wildman–Crippen LogP) is 4.35. The van der Waals surface area contributed by atoms with Crippen LogP contribution >= 0.6 is 0 Å². The molecule has 2 aromatic rings. The summed E-state index contributed by atoms with van der Waals surface area (Å²) in [5, 5.41) is 3.34. The van der Waals surface area contributed by atoms with Gasteiger partial charge >= 0.3 is 0 Å². The lowest BCUT2D eigenvalue weighted by Crippen LogP contribution is -2.27. The summed E-state index contributed by atoms with van der Waals surface area (Å²) in [7, 11) is 0. The maximum absolute atomic E-state index is 14.2. The predicted molar refractivity (Wildman–Crippen MR) is 80.3 cm³/mol. The lowest BCUT2D eigenvalue weighted by Gasteiger charge is -2.26. The third-order valence-electron chi connectivity index (χ3n) is 4.30. The van der Waals surface area contributed by atoms with Crippen LogP contribution in [-0.4, -0.2) is 6.54 Å². The molecule has 0 bridgehead atoms. The highest BCUT2D eigenvalue weighted by atomic mass is 19.1. The van der Waals surface area contributed by atoms with E-state index >= 15 is 0 Å². The molecule has 2 atom stereocenters. The average Bonchev–Trinajstić information content (AvgIpc) is 2.91. The molecule has 0 aliphatic heterocycles. The van der Waals surface area contributed by atoms with Gasteiger partial charge in [-0.05, 0) is 48.7 Å². The standard InChI is InChI=1S/C18H19F2N/c1-2-21-18(16-11-13(19)8-10-17(16)20)15-9-7-12-5-3-4-6-14(12)15/h3-6,8,10-11,15,18,21H,2,7,9H2,1H3. The first-order chi connectivity index (χ1) is 10.2. The van der Waals surface area contributed by atoms with Crippen molar-refractivity contribution in [3.8, 4) is 0 Å². The van der Waals surface area contributed by atoms with E-state index < -0.39 is 0 Å². The summed E-state index contributed by atoms with van der Waals surface area (Å²) < 4.78 is 27.7. The van der Waals surface area contributed by atoms with Gasteiger partial charge in [-0.25, -0.2) is 8.78 Å². The molecule has 0 fully saturated rings. The third kappa shape index (κ3) is 2.70. The Morgan fingerprint density at radius 3 is 2.81 bits per heavy atom. The van der Waals surface area contributed by atoms with E-state index in [1.54, 1.807) is 0 Å². The van der Waals surface area contributed by atoms with E-state index in [1.807, 2.05) is 19.1 Å². The molecule has 0 saturated carbocycles. The van der Waals surface area contributed by atoms with Gasteiger partial charge in [-0.1, -0.05) is 31.2 Å². The zero-order valence-corrected chi connectivity index (χ0v) is 12.1. The van der Waals surface area contributed by atoms with Gasteiger partial charge in [0.15, 0.2) is 0 Å². The fourth-order valence-corrected chi connectivity index (χ4v) is 3.38. The molecular weight excluding hydrogens is 268 g/mol. The fraction of sp³-hybridized carbons (Fsp3) is 0.333. The van der Waals surface area contributed by atoms with Crippen LogP contribution < -0.4 is 5.32 Å². The van der Waals surface area contributed by atoms with Crippen LogP contribution in [0.25, 0.3) is 0 Å². The maximum Gasteiger partial charge on any atom is 0.128 e. The second-order valence-electron chi connectivity index (χ2n) is 5.55. The molecule has 1 N–H and O–H groups in total. The van der Waals surface area contributed by atoms with Crippen LogP contribution in [0.3, 0.4) is 0 Å². The van der Waals surface area contributed by atoms with Gasteiger partial charge < -0.3 is 5.32 Å². The van der Waals surface area contributed by atoms with E-state index in [0.29, 0.717) is 5.56 Å². The normalized spacial score (nSPS) is 18.5. The zero-order chi connectivity index (χ0) is 14.8. The molecule has 1 aliphatic carbocycles. The summed E-state index contributed by atoms with van der Waals surface area (Å²) in [5.74, 6) is -0.537. The van der Waals surface area contributed by atoms with E-state index in [0.717, 1.165) is 19.4 Å². The number of hydrogen-bond donors (Lipinski definition) is 1. The van der Waals surface area contributed by atoms with Crippen molar-refractivity contribution in [1.29, 1.82) is 0 Å². The molecule has 3 rings (SSSR count). The summed E-state index contributed by atoms with van der Waals surface area (Å²) in [6, 6.07) is 11.8. The second kappa shape index (κ2) is 5.94. The fourth-order valence-electron chi connectivity index (χ4n) is 3.38. The highest BCUT2D eigenvalue weighted by molar-refractivity contribution is 5.38. The van der Waals surface area contributed by atoms with Gasteiger partial charge in [0.25, 0.3) is 0 Å². The van der Waals surface area contributed by atoms with Crippen LogP contribution in [0.1, 0.15) is 42.0 Å². The van der Waals surface area contributed by atoms with Gasteiger partial charge in [0.05, 0.1) is 0 Å². The van der Waals surface area contributed by atoms with Gasteiger partial charge in [0.1, 0.15) is 11.6 Å². The Balaban J connectivity index is 2.01. The minimum Gasteiger partial charge on any atom is -0.310 e. The maximum atomic E-state index is 14.2. The molecule has 110 valence electrons. The highest BCUT2D eigenvalue weighted by Crippen LogP contribution is 2.42. The molecule has 1 aliphatic rings. The van der Waals surface area contributed by atoms with Crippen molar-refractivity contribution in [3.63, 3.8) is 0 Å². The molecule has 3 heteroatoms. The second-order valence-corrected chi connectivity index (χ2v) is 5.55. The van der Waals surface area contributed by atoms with Crippen LogP contribution in [0.4, 0.5) is 8.78 Å². The quantitative estimate of drug-likeness (QED) is 0.881. The third-order valence-corrected chi connectivity index (χ3v) is 4.30. The topological polar surface area (TPSA) is 12.0 Å². The summed E-state index contributed by atoms with van der Waals surface area (Å²) in [6.45, 7) is 2.71. The summed E-state index contributed by atoms with van der Waals surface area (Å²) in [5.41, 5.74) is 3.01. The van der Waals surface area contributed by atoms with Crippen molar-refractivity contribution in [1.82, 2.24) is 5.32 Å². The number of fused-ring (bicyclic) bond motifs is 1. The molecular formula is C18H19F2N. The number of halogens is 2. The lowest BCUT2D eigenvalue weighted by atomic mass is 9.88. The zero-order valence-electron chi connectivity index (χ0n) is 12.1. The van der Waals surface area contributed by atoms with Gasteiger partial charge in [-0.15, -0.1) is 0 Å². The summed E-state index contributed by atoms with van der Waals surface area (Å²) in [4.78, 5) is 0. The molecule has 0 amide bonds. The van der Waals surface area contributed by atoms with Crippen LogP contribution in [0.15, 0.2) is 42.5 Å². The van der Waals surface area contributed by atoms with Gasteiger partial charge in [-0.2, -0.15) is 0 Å². The Hall–Kier alpha value is -1.74. The van der Waals surface area contributed by atoms with Crippen LogP contribution in [0.5, 0.6) is 0 Å². The number of likely N-dealkylation sites (N-methyl/N-ethyl adjacent to an activating group) is 1. The molecule has 2 aromatic carbocycles. The molecule has 0 aromatic heterocycles. The van der Waals surface area contributed by atoms with E-state index in [1.165, 1.54) is 29.3 Å². The van der Waals surface area contributed by atoms with E-state index in [2.05, 4.69) is 17.4 Å². The smallest absolute Gasteiger partial charge is 0.128 e. The molecule has 0 saturated heterocycles. The van der Waals surface area contributed by atoms with E-state index in [-0.39, 0.29) is 23.6 Å². The van der Waals surface area contributed by atoms with Crippen LogP contribution in [-0.2, 0) is 6.42 Å². The number of rotatable bonds is 4. The Morgan fingerprint density at radius 2 is 2.00 bits per heavy atom. The van der Waals surface area contributed by atoms with Gasteiger partial charge in [0, 0.05) is 17.5 Å². The largest absolute Gasteiger partial charge is 0.310 e. The number of benzene rings is 2. The average molecular weight is 287 g/mol. The van der Waals surface area contributed by atoms with Crippen molar-refractivity contribution < 1.29 is 8.78 Å². The van der Waals surface area contributed by atoms with E-state index in [4.69, 9.17) is 0 Å².